The first-order valence-electron chi connectivity index (χ1n) is 7.62. The fourth-order valence-corrected chi connectivity index (χ4v) is 2.95. The monoisotopic (exact) mass is 293 g/mol. The maximum atomic E-state index is 5.23. The number of hydrogen-bond donors (Lipinski definition) is 2. The zero-order valence-electron chi connectivity index (χ0n) is 12.6. The van der Waals surface area contributed by atoms with Crippen LogP contribution in [-0.4, -0.2) is 23.6 Å². The molecular weight excluding hydrogens is 274 g/mol. The quantitative estimate of drug-likeness (QED) is 0.754. The van der Waals surface area contributed by atoms with Gasteiger partial charge in [0.25, 0.3) is 0 Å². The summed E-state index contributed by atoms with van der Waals surface area (Å²) in [5, 5.41) is 3.47. The Bertz CT molecular complexity index is 754. The van der Waals surface area contributed by atoms with E-state index in [1.807, 2.05) is 36.4 Å². The van der Waals surface area contributed by atoms with Crippen LogP contribution < -0.4 is 10.1 Å². The molecule has 1 aliphatic rings. The van der Waals surface area contributed by atoms with Crippen molar-refractivity contribution in [3.8, 4) is 5.75 Å². The fourth-order valence-electron chi connectivity index (χ4n) is 2.95. The van der Waals surface area contributed by atoms with Crippen LogP contribution in [0.1, 0.15) is 18.4 Å². The van der Waals surface area contributed by atoms with E-state index in [9.17, 15) is 0 Å². The van der Waals surface area contributed by atoms with E-state index in [1.54, 1.807) is 7.11 Å². The SMILES string of the molecule is COc1ccc(C2(CNc3nc4ccccc4[nH]3)CC2)cc1. The summed E-state index contributed by atoms with van der Waals surface area (Å²) < 4.78 is 5.23. The summed E-state index contributed by atoms with van der Waals surface area (Å²) in [4.78, 5) is 7.90. The highest BCUT2D eigenvalue weighted by Gasteiger charge is 2.44. The smallest absolute Gasteiger partial charge is 0.201 e. The molecule has 2 aromatic carbocycles. The van der Waals surface area contributed by atoms with Crippen LogP contribution in [-0.2, 0) is 5.41 Å². The number of fused-ring (bicyclic) bond motifs is 1. The fraction of sp³-hybridized carbons (Fsp3) is 0.278. The average molecular weight is 293 g/mol. The zero-order chi connectivity index (χ0) is 15.0. The molecular formula is C18H19N3O. The van der Waals surface area contributed by atoms with Crippen molar-refractivity contribution < 1.29 is 4.74 Å². The van der Waals surface area contributed by atoms with Gasteiger partial charge in [0.15, 0.2) is 0 Å². The number of methoxy groups -OCH3 is 1. The third-order valence-electron chi connectivity index (χ3n) is 4.54. The van der Waals surface area contributed by atoms with Crippen molar-refractivity contribution in [1.29, 1.82) is 0 Å². The van der Waals surface area contributed by atoms with Gasteiger partial charge in [0.2, 0.25) is 5.95 Å². The lowest BCUT2D eigenvalue weighted by Gasteiger charge is -2.16. The Labute approximate surface area is 129 Å². The van der Waals surface area contributed by atoms with Crippen molar-refractivity contribution in [2.75, 3.05) is 19.0 Å². The molecule has 0 bridgehead atoms. The molecule has 0 aliphatic heterocycles. The van der Waals surface area contributed by atoms with Gasteiger partial charge >= 0.3 is 0 Å². The second-order valence-corrected chi connectivity index (χ2v) is 5.96. The van der Waals surface area contributed by atoms with E-state index in [4.69, 9.17) is 4.74 Å². The van der Waals surface area contributed by atoms with Crippen LogP contribution in [0.25, 0.3) is 11.0 Å². The van der Waals surface area contributed by atoms with Gasteiger partial charge in [0.1, 0.15) is 5.75 Å². The number of rotatable bonds is 5. The van der Waals surface area contributed by atoms with Crippen LogP contribution in [0.5, 0.6) is 5.75 Å². The molecule has 0 spiro atoms. The molecule has 1 aliphatic carbocycles. The van der Waals surface area contributed by atoms with Gasteiger partial charge in [0, 0.05) is 12.0 Å². The Balaban J connectivity index is 1.50. The van der Waals surface area contributed by atoms with E-state index >= 15 is 0 Å². The molecule has 4 heteroatoms. The van der Waals surface area contributed by atoms with E-state index in [1.165, 1.54) is 18.4 Å². The van der Waals surface area contributed by atoms with Gasteiger partial charge in [0.05, 0.1) is 18.1 Å². The standard InChI is InChI=1S/C18H19N3O/c1-22-14-8-6-13(7-9-14)18(10-11-18)12-19-17-20-15-4-2-3-5-16(15)21-17/h2-9H,10-12H2,1H3,(H2,19,20,21). The molecule has 22 heavy (non-hydrogen) atoms. The third-order valence-corrected chi connectivity index (χ3v) is 4.54. The highest BCUT2D eigenvalue weighted by atomic mass is 16.5. The number of anilines is 1. The lowest BCUT2D eigenvalue weighted by molar-refractivity contribution is 0.414. The lowest BCUT2D eigenvalue weighted by Crippen LogP contribution is -2.20. The van der Waals surface area contributed by atoms with E-state index in [0.717, 1.165) is 29.3 Å². The van der Waals surface area contributed by atoms with Crippen LogP contribution in [0.4, 0.5) is 5.95 Å². The molecule has 112 valence electrons. The summed E-state index contributed by atoms with van der Waals surface area (Å²) in [5.74, 6) is 1.76. The molecule has 2 N–H and O–H groups in total. The number of imidazole rings is 1. The Kier molecular flexibility index (Phi) is 3.03. The van der Waals surface area contributed by atoms with Gasteiger partial charge in [-0.05, 0) is 42.7 Å². The molecule has 0 amide bonds. The predicted octanol–water partition coefficient (Wildman–Crippen LogP) is 3.72. The number of aromatic nitrogens is 2. The normalized spacial score (nSPS) is 15.7. The lowest BCUT2D eigenvalue weighted by atomic mass is 9.96. The molecule has 1 fully saturated rings. The number of hydrogen-bond acceptors (Lipinski definition) is 3. The Morgan fingerprint density at radius 2 is 1.91 bits per heavy atom. The second-order valence-electron chi connectivity index (χ2n) is 5.96. The molecule has 0 unspecified atom stereocenters. The summed E-state index contributed by atoms with van der Waals surface area (Å²) in [6.07, 6.45) is 2.43. The Morgan fingerprint density at radius 1 is 1.14 bits per heavy atom. The summed E-state index contributed by atoms with van der Waals surface area (Å²) >= 11 is 0. The molecule has 4 nitrogen and oxygen atoms in total. The van der Waals surface area contributed by atoms with Crippen molar-refractivity contribution in [3.63, 3.8) is 0 Å². The number of nitrogens with zero attached hydrogens (tertiary/aromatic N) is 1. The zero-order valence-corrected chi connectivity index (χ0v) is 12.6. The highest BCUT2D eigenvalue weighted by molar-refractivity contribution is 5.77. The molecule has 0 saturated heterocycles. The largest absolute Gasteiger partial charge is 0.497 e. The van der Waals surface area contributed by atoms with Gasteiger partial charge < -0.3 is 15.0 Å². The third kappa shape index (κ3) is 2.30. The van der Waals surface area contributed by atoms with E-state index in [2.05, 4.69) is 27.4 Å². The first-order valence-corrected chi connectivity index (χ1v) is 7.62. The van der Waals surface area contributed by atoms with Gasteiger partial charge in [-0.3, -0.25) is 0 Å². The van der Waals surface area contributed by atoms with Crippen LogP contribution in [0.2, 0.25) is 0 Å². The first kappa shape index (κ1) is 13.2. The number of aromatic amines is 1. The van der Waals surface area contributed by atoms with E-state index < -0.39 is 0 Å². The minimum absolute atomic E-state index is 0.241. The molecule has 0 atom stereocenters. The van der Waals surface area contributed by atoms with Gasteiger partial charge in [-0.15, -0.1) is 0 Å². The second kappa shape index (κ2) is 5.05. The maximum absolute atomic E-state index is 5.23. The Hall–Kier alpha value is -2.49. The number of ether oxygens (including phenoxy) is 1. The average Bonchev–Trinajstić information content (AvgIpc) is 3.25. The van der Waals surface area contributed by atoms with Gasteiger partial charge in [-0.25, -0.2) is 4.98 Å². The van der Waals surface area contributed by atoms with Gasteiger partial charge in [-0.2, -0.15) is 0 Å². The number of nitrogens with one attached hydrogen (secondary N) is 2. The van der Waals surface area contributed by atoms with Crippen molar-refractivity contribution in [1.82, 2.24) is 9.97 Å². The Morgan fingerprint density at radius 3 is 2.59 bits per heavy atom. The molecule has 0 radical (unpaired) electrons. The molecule has 1 aromatic heterocycles. The van der Waals surface area contributed by atoms with Crippen LogP contribution in [0.15, 0.2) is 48.5 Å². The molecule has 3 aromatic rings. The minimum Gasteiger partial charge on any atom is -0.497 e. The topological polar surface area (TPSA) is 49.9 Å². The number of benzene rings is 2. The molecule has 1 saturated carbocycles. The van der Waals surface area contributed by atoms with E-state index in [0.29, 0.717) is 0 Å². The van der Waals surface area contributed by atoms with Crippen molar-refractivity contribution in [3.05, 3.63) is 54.1 Å². The highest BCUT2D eigenvalue weighted by Crippen LogP contribution is 2.48. The minimum atomic E-state index is 0.241. The van der Waals surface area contributed by atoms with Crippen molar-refractivity contribution >= 4 is 17.0 Å². The summed E-state index contributed by atoms with van der Waals surface area (Å²) in [6.45, 7) is 0.902. The summed E-state index contributed by atoms with van der Waals surface area (Å²) in [5.41, 5.74) is 3.68. The van der Waals surface area contributed by atoms with Crippen molar-refractivity contribution in [2.24, 2.45) is 0 Å². The molecule has 1 heterocycles. The number of para-hydroxylation sites is 2. The van der Waals surface area contributed by atoms with Crippen LogP contribution in [0, 0.1) is 0 Å². The first-order chi connectivity index (χ1) is 10.8. The predicted molar refractivity (Wildman–Crippen MR) is 88.5 cm³/mol. The van der Waals surface area contributed by atoms with E-state index in [-0.39, 0.29) is 5.41 Å². The van der Waals surface area contributed by atoms with Crippen molar-refractivity contribution in [2.45, 2.75) is 18.3 Å². The maximum Gasteiger partial charge on any atom is 0.201 e. The summed E-state index contributed by atoms with van der Waals surface area (Å²) in [7, 11) is 1.70. The van der Waals surface area contributed by atoms with Crippen LogP contribution in [0.3, 0.4) is 0 Å². The number of H-pyrrole nitrogens is 1. The van der Waals surface area contributed by atoms with Crippen LogP contribution >= 0.6 is 0 Å². The van der Waals surface area contributed by atoms with Gasteiger partial charge in [-0.1, -0.05) is 24.3 Å². The summed E-state index contributed by atoms with van der Waals surface area (Å²) in [6, 6.07) is 16.5. The molecule has 4 rings (SSSR count).